The zero-order chi connectivity index (χ0) is 15.2. The van der Waals surface area contributed by atoms with E-state index in [4.69, 9.17) is 9.47 Å². The van der Waals surface area contributed by atoms with Crippen molar-refractivity contribution in [3.8, 4) is 0 Å². The molecule has 0 radical (unpaired) electrons. The van der Waals surface area contributed by atoms with Gasteiger partial charge in [-0.3, -0.25) is 9.59 Å². The molecular formula is C15H27BrO4. The Hall–Kier alpha value is -0.580. The first-order valence-electron chi connectivity index (χ1n) is 7.49. The van der Waals surface area contributed by atoms with Gasteiger partial charge in [-0.05, 0) is 26.2 Å². The predicted octanol–water partition coefficient (Wildman–Crippen LogP) is 4.00. The molecule has 0 rings (SSSR count). The molecule has 0 aromatic heterocycles. The number of carbonyl (C=O) groups excluding carboxylic acids is 2. The Kier molecular flexibility index (Phi) is 13.0. The van der Waals surface area contributed by atoms with Gasteiger partial charge >= 0.3 is 11.9 Å². The van der Waals surface area contributed by atoms with Gasteiger partial charge in [-0.2, -0.15) is 0 Å². The summed E-state index contributed by atoms with van der Waals surface area (Å²) >= 11 is 3.35. The van der Waals surface area contributed by atoms with Crippen molar-refractivity contribution in [2.75, 3.05) is 11.9 Å². The Bertz CT molecular complexity index is 269. The Morgan fingerprint density at radius 2 is 1.65 bits per heavy atom. The molecule has 0 aliphatic rings. The van der Waals surface area contributed by atoms with Gasteiger partial charge in [-0.1, -0.05) is 41.6 Å². The summed E-state index contributed by atoms with van der Waals surface area (Å²) in [5.74, 6) is -0.303. The van der Waals surface area contributed by atoms with E-state index in [9.17, 15) is 9.59 Å². The SMILES string of the molecule is CCOC(=O)CCCCCCCC[C@H](CBr)OC(C)=O. The minimum atomic E-state index is -0.214. The number of hydrogen-bond donors (Lipinski definition) is 0. The first kappa shape index (κ1) is 19.4. The molecule has 0 bridgehead atoms. The highest BCUT2D eigenvalue weighted by Gasteiger charge is 2.09. The minimum absolute atomic E-state index is 0.00341. The van der Waals surface area contributed by atoms with Crippen LogP contribution in [0.25, 0.3) is 0 Å². The van der Waals surface area contributed by atoms with E-state index in [0.717, 1.165) is 44.9 Å². The molecular weight excluding hydrogens is 324 g/mol. The molecule has 5 heteroatoms. The second-order valence-corrected chi connectivity index (χ2v) is 5.50. The van der Waals surface area contributed by atoms with Gasteiger partial charge in [0.15, 0.2) is 0 Å². The lowest BCUT2D eigenvalue weighted by atomic mass is 10.1. The highest BCUT2D eigenvalue weighted by Crippen LogP contribution is 2.13. The van der Waals surface area contributed by atoms with E-state index in [1.807, 2.05) is 6.92 Å². The van der Waals surface area contributed by atoms with Crippen molar-refractivity contribution < 1.29 is 19.1 Å². The van der Waals surface area contributed by atoms with Gasteiger partial charge in [-0.25, -0.2) is 0 Å². The lowest BCUT2D eigenvalue weighted by Crippen LogP contribution is -2.17. The first-order chi connectivity index (χ1) is 9.60. The van der Waals surface area contributed by atoms with Gasteiger partial charge in [0.05, 0.1) is 6.61 Å². The average molecular weight is 351 g/mol. The standard InChI is InChI=1S/C15H27BrO4/c1-3-19-15(18)11-9-7-5-4-6-8-10-14(12-16)20-13(2)17/h14H,3-12H2,1-2H3/t14-/m1/s1. The molecule has 0 aromatic carbocycles. The Morgan fingerprint density at radius 1 is 1.05 bits per heavy atom. The Labute approximate surface area is 130 Å². The number of rotatable bonds is 12. The van der Waals surface area contributed by atoms with E-state index in [0.29, 0.717) is 18.4 Å². The quantitative estimate of drug-likeness (QED) is 0.303. The van der Waals surface area contributed by atoms with E-state index < -0.39 is 0 Å². The van der Waals surface area contributed by atoms with Crippen LogP contribution in [0.3, 0.4) is 0 Å². The molecule has 0 N–H and O–H groups in total. The minimum Gasteiger partial charge on any atom is -0.466 e. The number of hydrogen-bond acceptors (Lipinski definition) is 4. The van der Waals surface area contributed by atoms with Crippen LogP contribution in [0.1, 0.15) is 65.2 Å². The smallest absolute Gasteiger partial charge is 0.305 e. The molecule has 0 saturated heterocycles. The molecule has 1 atom stereocenters. The monoisotopic (exact) mass is 350 g/mol. The van der Waals surface area contributed by atoms with E-state index in [2.05, 4.69) is 15.9 Å². The number of carbonyl (C=O) groups is 2. The second kappa shape index (κ2) is 13.4. The fraction of sp³-hybridized carbons (Fsp3) is 0.867. The van der Waals surface area contributed by atoms with Crippen LogP contribution in [0.4, 0.5) is 0 Å². The topological polar surface area (TPSA) is 52.6 Å². The summed E-state index contributed by atoms with van der Waals surface area (Å²) in [4.78, 5) is 21.9. The molecule has 0 unspecified atom stereocenters. The van der Waals surface area contributed by atoms with Crippen molar-refractivity contribution in [1.29, 1.82) is 0 Å². The van der Waals surface area contributed by atoms with Crippen molar-refractivity contribution in [2.45, 2.75) is 71.3 Å². The summed E-state index contributed by atoms with van der Waals surface area (Å²) in [6.45, 7) is 3.74. The third kappa shape index (κ3) is 12.5. The predicted molar refractivity (Wildman–Crippen MR) is 82.9 cm³/mol. The molecule has 4 nitrogen and oxygen atoms in total. The van der Waals surface area contributed by atoms with Gasteiger partial charge in [0.25, 0.3) is 0 Å². The van der Waals surface area contributed by atoms with Gasteiger partial charge in [0.1, 0.15) is 6.10 Å². The molecule has 0 saturated carbocycles. The lowest BCUT2D eigenvalue weighted by Gasteiger charge is -2.13. The molecule has 118 valence electrons. The highest BCUT2D eigenvalue weighted by atomic mass is 79.9. The summed E-state index contributed by atoms with van der Waals surface area (Å²) in [6, 6.07) is 0. The van der Waals surface area contributed by atoms with Gasteiger partial charge in [-0.15, -0.1) is 0 Å². The van der Waals surface area contributed by atoms with Crippen molar-refractivity contribution in [1.82, 2.24) is 0 Å². The fourth-order valence-electron chi connectivity index (χ4n) is 1.98. The van der Waals surface area contributed by atoms with Crippen molar-refractivity contribution >= 4 is 27.9 Å². The third-order valence-corrected chi connectivity index (χ3v) is 3.69. The van der Waals surface area contributed by atoms with E-state index in [1.54, 1.807) is 0 Å². The third-order valence-electron chi connectivity index (χ3n) is 2.97. The van der Waals surface area contributed by atoms with E-state index in [1.165, 1.54) is 6.92 Å². The maximum absolute atomic E-state index is 11.1. The zero-order valence-corrected chi connectivity index (χ0v) is 14.2. The zero-order valence-electron chi connectivity index (χ0n) is 12.7. The van der Waals surface area contributed by atoms with Crippen LogP contribution in [0.5, 0.6) is 0 Å². The number of halogens is 1. The van der Waals surface area contributed by atoms with Crippen molar-refractivity contribution in [2.24, 2.45) is 0 Å². The maximum atomic E-state index is 11.1. The van der Waals surface area contributed by atoms with E-state index in [-0.39, 0.29) is 18.0 Å². The Morgan fingerprint density at radius 3 is 2.20 bits per heavy atom. The average Bonchev–Trinajstić information content (AvgIpc) is 2.40. The molecule has 0 heterocycles. The largest absolute Gasteiger partial charge is 0.466 e. The summed E-state index contributed by atoms with van der Waals surface area (Å²) in [5.41, 5.74) is 0. The second-order valence-electron chi connectivity index (χ2n) is 4.85. The summed E-state index contributed by atoms with van der Waals surface area (Å²) in [6.07, 6.45) is 7.95. The number of unbranched alkanes of at least 4 members (excludes halogenated alkanes) is 5. The van der Waals surface area contributed by atoms with E-state index >= 15 is 0 Å². The van der Waals surface area contributed by atoms with Crippen LogP contribution in [0, 0.1) is 0 Å². The number of esters is 2. The normalized spacial score (nSPS) is 11.9. The van der Waals surface area contributed by atoms with Crippen LogP contribution in [-0.4, -0.2) is 30.0 Å². The Balaban J connectivity index is 3.35. The molecule has 0 aliphatic heterocycles. The molecule has 0 aliphatic carbocycles. The molecule has 0 fully saturated rings. The fourth-order valence-corrected chi connectivity index (χ4v) is 2.44. The highest BCUT2D eigenvalue weighted by molar-refractivity contribution is 9.09. The van der Waals surface area contributed by atoms with Crippen LogP contribution in [0.15, 0.2) is 0 Å². The molecule has 20 heavy (non-hydrogen) atoms. The summed E-state index contributed by atoms with van der Waals surface area (Å²) < 4.78 is 10.0. The van der Waals surface area contributed by atoms with Crippen LogP contribution in [0.2, 0.25) is 0 Å². The van der Waals surface area contributed by atoms with Crippen molar-refractivity contribution in [3.63, 3.8) is 0 Å². The molecule has 0 aromatic rings. The first-order valence-corrected chi connectivity index (χ1v) is 8.61. The molecule has 0 spiro atoms. The van der Waals surface area contributed by atoms with Crippen LogP contribution < -0.4 is 0 Å². The number of alkyl halides is 1. The van der Waals surface area contributed by atoms with Gasteiger partial charge < -0.3 is 9.47 Å². The van der Waals surface area contributed by atoms with Crippen LogP contribution >= 0.6 is 15.9 Å². The maximum Gasteiger partial charge on any atom is 0.305 e. The van der Waals surface area contributed by atoms with Crippen LogP contribution in [-0.2, 0) is 19.1 Å². The van der Waals surface area contributed by atoms with Gasteiger partial charge in [0.2, 0.25) is 0 Å². The van der Waals surface area contributed by atoms with Crippen molar-refractivity contribution in [3.05, 3.63) is 0 Å². The molecule has 0 amide bonds. The number of ether oxygens (including phenoxy) is 2. The van der Waals surface area contributed by atoms with Gasteiger partial charge in [0, 0.05) is 18.7 Å². The summed E-state index contributed by atoms with van der Waals surface area (Å²) in [7, 11) is 0. The lowest BCUT2D eigenvalue weighted by molar-refractivity contribution is -0.145. The summed E-state index contributed by atoms with van der Waals surface area (Å²) in [5, 5.41) is 0.701.